The summed E-state index contributed by atoms with van der Waals surface area (Å²) in [5.41, 5.74) is -0.377. The average Bonchev–Trinajstić information content (AvgIpc) is 1.99. The third-order valence-electron chi connectivity index (χ3n) is 2.64. The van der Waals surface area contributed by atoms with Gasteiger partial charge < -0.3 is 15.2 Å². The lowest BCUT2D eigenvalue weighted by Crippen LogP contribution is -2.65. The monoisotopic (exact) mass is 185 g/mol. The number of hydrogen-bond donors (Lipinski definition) is 2. The van der Waals surface area contributed by atoms with Crippen LogP contribution in [-0.2, 0) is 14.3 Å². The van der Waals surface area contributed by atoms with Gasteiger partial charge in [-0.25, -0.2) is 0 Å². The van der Waals surface area contributed by atoms with E-state index in [1.807, 2.05) is 0 Å². The molecule has 0 aromatic carbocycles. The molecule has 2 N–H and O–H groups in total. The highest BCUT2D eigenvalue weighted by Crippen LogP contribution is 2.39. The number of aliphatic carboxylic acids is 1. The lowest BCUT2D eigenvalue weighted by Gasteiger charge is -2.48. The summed E-state index contributed by atoms with van der Waals surface area (Å²) in [6.45, 7) is 0.544. The maximum atomic E-state index is 11.0. The predicted octanol–water partition coefficient (Wildman–Crippen LogP) is -0.634. The second-order valence-corrected chi connectivity index (χ2v) is 3.76. The number of carboxylic acid groups (broad SMARTS) is 1. The number of amides is 1. The van der Waals surface area contributed by atoms with Gasteiger partial charge >= 0.3 is 5.97 Å². The highest BCUT2D eigenvalue weighted by atomic mass is 16.5. The molecule has 1 saturated heterocycles. The standard InChI is InChI=1S/C8H11NO4/c10-6-3-13-4-8(9-6)1-5(2-8)7(11)12/h5H,1-4H2,(H,9,10)(H,11,12). The minimum atomic E-state index is -0.787. The van der Waals surface area contributed by atoms with Gasteiger partial charge in [0.05, 0.1) is 18.1 Å². The van der Waals surface area contributed by atoms with Crippen molar-refractivity contribution in [3.05, 3.63) is 0 Å². The van der Waals surface area contributed by atoms with E-state index in [-0.39, 0.29) is 24.0 Å². The number of morpholine rings is 1. The fraction of sp³-hybridized carbons (Fsp3) is 0.750. The van der Waals surface area contributed by atoms with Crippen LogP contribution < -0.4 is 5.32 Å². The molecule has 1 amide bonds. The zero-order chi connectivity index (χ0) is 9.47. The Morgan fingerprint density at radius 3 is 2.85 bits per heavy atom. The Kier molecular flexibility index (Phi) is 1.76. The van der Waals surface area contributed by atoms with E-state index in [0.717, 1.165) is 0 Å². The van der Waals surface area contributed by atoms with Gasteiger partial charge in [-0.2, -0.15) is 0 Å². The van der Waals surface area contributed by atoms with Crippen LogP contribution in [-0.4, -0.2) is 35.7 Å². The SMILES string of the molecule is O=C1COCC2(CC(C(=O)O)C2)N1. The highest BCUT2D eigenvalue weighted by Gasteiger charge is 2.50. The van der Waals surface area contributed by atoms with Gasteiger partial charge in [0.15, 0.2) is 0 Å². The fourth-order valence-electron chi connectivity index (χ4n) is 1.99. The number of carbonyl (C=O) groups is 2. The summed E-state index contributed by atoms with van der Waals surface area (Å²) in [5.74, 6) is -1.25. The third kappa shape index (κ3) is 1.39. The van der Waals surface area contributed by atoms with Crippen molar-refractivity contribution in [1.29, 1.82) is 0 Å². The Balaban J connectivity index is 1.95. The first-order valence-electron chi connectivity index (χ1n) is 4.23. The van der Waals surface area contributed by atoms with E-state index in [1.165, 1.54) is 0 Å². The molecule has 1 aliphatic carbocycles. The molecule has 0 unspecified atom stereocenters. The topological polar surface area (TPSA) is 75.6 Å². The fourth-order valence-corrected chi connectivity index (χ4v) is 1.99. The molecule has 13 heavy (non-hydrogen) atoms. The Bertz CT molecular complexity index is 257. The molecule has 0 radical (unpaired) electrons. The molecule has 1 aliphatic heterocycles. The normalized spacial score (nSPS) is 38.2. The largest absolute Gasteiger partial charge is 0.481 e. The first-order valence-corrected chi connectivity index (χ1v) is 4.23. The minimum absolute atomic E-state index is 0.0967. The van der Waals surface area contributed by atoms with Crippen molar-refractivity contribution in [3.8, 4) is 0 Å². The number of ether oxygens (including phenoxy) is 1. The maximum absolute atomic E-state index is 11.0. The van der Waals surface area contributed by atoms with Gasteiger partial charge in [0.1, 0.15) is 6.61 Å². The summed E-state index contributed by atoms with van der Waals surface area (Å²) in [4.78, 5) is 21.5. The second-order valence-electron chi connectivity index (χ2n) is 3.76. The van der Waals surface area contributed by atoms with Crippen molar-refractivity contribution >= 4 is 11.9 Å². The van der Waals surface area contributed by atoms with Gasteiger partial charge in [-0.15, -0.1) is 0 Å². The van der Waals surface area contributed by atoms with Crippen molar-refractivity contribution in [1.82, 2.24) is 5.32 Å². The number of carboxylic acids is 1. The molecular formula is C8H11NO4. The van der Waals surface area contributed by atoms with Crippen molar-refractivity contribution < 1.29 is 19.4 Å². The second kappa shape index (κ2) is 2.70. The summed E-state index contributed by atoms with van der Waals surface area (Å²) in [6, 6.07) is 0. The maximum Gasteiger partial charge on any atom is 0.306 e. The molecule has 0 bridgehead atoms. The molecule has 0 atom stereocenters. The first-order chi connectivity index (χ1) is 6.11. The smallest absolute Gasteiger partial charge is 0.306 e. The highest BCUT2D eigenvalue weighted by molar-refractivity contribution is 5.80. The van der Waals surface area contributed by atoms with E-state index in [2.05, 4.69) is 5.32 Å². The summed E-state index contributed by atoms with van der Waals surface area (Å²) in [5, 5.41) is 11.4. The van der Waals surface area contributed by atoms with E-state index in [0.29, 0.717) is 19.4 Å². The van der Waals surface area contributed by atoms with Crippen LogP contribution in [0.1, 0.15) is 12.8 Å². The molecule has 1 heterocycles. The lowest BCUT2D eigenvalue weighted by atomic mass is 9.68. The summed E-state index contributed by atoms with van der Waals surface area (Å²) < 4.78 is 5.06. The molecule has 72 valence electrons. The molecule has 0 aromatic heterocycles. The Morgan fingerprint density at radius 1 is 1.62 bits per heavy atom. The van der Waals surface area contributed by atoms with Crippen LogP contribution in [0.2, 0.25) is 0 Å². The van der Waals surface area contributed by atoms with E-state index in [9.17, 15) is 9.59 Å². The third-order valence-corrected chi connectivity index (χ3v) is 2.64. The van der Waals surface area contributed by atoms with Gasteiger partial charge in [0.25, 0.3) is 0 Å². The van der Waals surface area contributed by atoms with Crippen LogP contribution in [0.15, 0.2) is 0 Å². The predicted molar refractivity (Wildman–Crippen MR) is 42.1 cm³/mol. The molecule has 2 aliphatic rings. The molecule has 2 rings (SSSR count). The van der Waals surface area contributed by atoms with Crippen molar-refractivity contribution in [2.24, 2.45) is 5.92 Å². The van der Waals surface area contributed by atoms with E-state index < -0.39 is 5.97 Å². The number of carbonyl (C=O) groups excluding carboxylic acids is 1. The van der Waals surface area contributed by atoms with Crippen LogP contribution in [0.3, 0.4) is 0 Å². The zero-order valence-corrected chi connectivity index (χ0v) is 7.08. The van der Waals surface area contributed by atoms with Crippen LogP contribution >= 0.6 is 0 Å². The lowest BCUT2D eigenvalue weighted by molar-refractivity contribution is -0.156. The quantitative estimate of drug-likeness (QED) is 0.570. The molecule has 2 fully saturated rings. The Morgan fingerprint density at radius 2 is 2.31 bits per heavy atom. The van der Waals surface area contributed by atoms with Crippen molar-refractivity contribution in [2.45, 2.75) is 18.4 Å². The average molecular weight is 185 g/mol. The summed E-state index contributed by atoms with van der Waals surface area (Å²) in [6.07, 6.45) is 0.988. The first kappa shape index (κ1) is 8.50. The van der Waals surface area contributed by atoms with Crippen molar-refractivity contribution in [3.63, 3.8) is 0 Å². The van der Waals surface area contributed by atoms with Gasteiger partial charge in [-0.1, -0.05) is 0 Å². The molecule has 1 spiro atoms. The van der Waals surface area contributed by atoms with Crippen LogP contribution in [0.5, 0.6) is 0 Å². The molecule has 0 aromatic rings. The van der Waals surface area contributed by atoms with Crippen LogP contribution in [0.4, 0.5) is 0 Å². The van der Waals surface area contributed by atoms with Crippen LogP contribution in [0.25, 0.3) is 0 Å². The minimum Gasteiger partial charge on any atom is -0.481 e. The molecule has 1 saturated carbocycles. The summed E-state index contributed by atoms with van der Waals surface area (Å²) >= 11 is 0. The Hall–Kier alpha value is -1.10. The Labute approximate surface area is 75.1 Å². The number of hydrogen-bond acceptors (Lipinski definition) is 3. The van der Waals surface area contributed by atoms with Gasteiger partial charge in [0, 0.05) is 0 Å². The molecular weight excluding hydrogens is 174 g/mol. The van der Waals surface area contributed by atoms with E-state index >= 15 is 0 Å². The van der Waals surface area contributed by atoms with E-state index in [4.69, 9.17) is 9.84 Å². The van der Waals surface area contributed by atoms with Crippen LogP contribution in [0, 0.1) is 5.92 Å². The van der Waals surface area contributed by atoms with Gasteiger partial charge in [-0.3, -0.25) is 9.59 Å². The van der Waals surface area contributed by atoms with Crippen molar-refractivity contribution in [2.75, 3.05) is 13.2 Å². The number of nitrogens with one attached hydrogen (secondary N) is 1. The molecule has 5 nitrogen and oxygen atoms in total. The van der Waals surface area contributed by atoms with E-state index in [1.54, 1.807) is 0 Å². The number of rotatable bonds is 1. The summed E-state index contributed by atoms with van der Waals surface area (Å²) in [7, 11) is 0. The molecule has 5 heteroatoms. The van der Waals surface area contributed by atoms with Gasteiger partial charge in [-0.05, 0) is 12.8 Å². The zero-order valence-electron chi connectivity index (χ0n) is 7.08. The van der Waals surface area contributed by atoms with Gasteiger partial charge in [0.2, 0.25) is 5.91 Å².